The van der Waals surface area contributed by atoms with Crippen molar-refractivity contribution in [1.82, 2.24) is 20.6 Å². The van der Waals surface area contributed by atoms with Crippen LogP contribution < -0.4 is 9.64 Å². The number of nitrogens with one attached hydrogen (secondary N) is 1. The Hall–Kier alpha value is -3.71. The van der Waals surface area contributed by atoms with Gasteiger partial charge in [-0.25, -0.2) is 5.10 Å². The van der Waals surface area contributed by atoms with E-state index in [-0.39, 0.29) is 11.8 Å². The molecule has 0 spiro atoms. The van der Waals surface area contributed by atoms with E-state index >= 15 is 0 Å². The number of aryl methyl sites for hydroxylation is 2. The monoisotopic (exact) mass is 459 g/mol. The van der Waals surface area contributed by atoms with Crippen LogP contribution in [-0.4, -0.2) is 33.1 Å². The summed E-state index contributed by atoms with van der Waals surface area (Å²) in [7, 11) is 0. The molecule has 0 radical (unpaired) electrons. The van der Waals surface area contributed by atoms with Crippen molar-refractivity contribution in [3.63, 3.8) is 0 Å². The quantitative estimate of drug-likeness (QED) is 0.429. The first-order chi connectivity index (χ1) is 16.0. The number of hydrogen-bond acceptors (Lipinski definition) is 5. The van der Waals surface area contributed by atoms with E-state index in [9.17, 15) is 4.79 Å². The number of aromatic amines is 1. The number of carbonyl (C=O) groups excluding carboxylic acids is 1. The molecule has 1 aliphatic rings. The van der Waals surface area contributed by atoms with Gasteiger partial charge in [0.2, 0.25) is 5.91 Å². The molecule has 0 saturated carbocycles. The first-order valence-corrected chi connectivity index (χ1v) is 11.1. The molecular formula is C25H22ClN5O2. The Morgan fingerprint density at radius 2 is 1.85 bits per heavy atom. The fourth-order valence-electron chi connectivity index (χ4n) is 4.21. The van der Waals surface area contributed by atoms with Crippen molar-refractivity contribution in [2.24, 2.45) is 0 Å². The normalized spacial score (nSPS) is 15.8. The smallest absolute Gasteiger partial charge is 0.227 e. The van der Waals surface area contributed by atoms with Gasteiger partial charge in [-0.05, 0) is 65.2 Å². The predicted octanol–water partition coefficient (Wildman–Crippen LogP) is 5.45. The number of ether oxygens (including phenoxy) is 1. The minimum absolute atomic E-state index is 0.0330. The Labute approximate surface area is 196 Å². The average molecular weight is 460 g/mol. The molecule has 33 heavy (non-hydrogen) atoms. The Bertz CT molecular complexity index is 1300. The maximum absolute atomic E-state index is 12.9. The zero-order valence-electron chi connectivity index (χ0n) is 18.2. The number of para-hydroxylation sites is 1. The van der Waals surface area contributed by atoms with Crippen LogP contribution in [0.25, 0.3) is 11.4 Å². The summed E-state index contributed by atoms with van der Waals surface area (Å²) in [5, 5.41) is 14.5. The Kier molecular flexibility index (Phi) is 5.56. The molecular weight excluding hydrogens is 438 g/mol. The third-order valence-corrected chi connectivity index (χ3v) is 6.26. The van der Waals surface area contributed by atoms with E-state index in [0.29, 0.717) is 29.6 Å². The first kappa shape index (κ1) is 21.2. The summed E-state index contributed by atoms with van der Waals surface area (Å²) < 4.78 is 6.21. The van der Waals surface area contributed by atoms with Gasteiger partial charge in [0.25, 0.3) is 0 Å². The lowest BCUT2D eigenvalue weighted by Crippen LogP contribution is -2.24. The second-order valence-corrected chi connectivity index (χ2v) is 8.63. The van der Waals surface area contributed by atoms with Crippen LogP contribution in [0.4, 0.5) is 5.69 Å². The van der Waals surface area contributed by atoms with Crippen molar-refractivity contribution in [1.29, 1.82) is 0 Å². The molecule has 1 atom stereocenters. The molecule has 1 N–H and O–H groups in total. The van der Waals surface area contributed by atoms with Crippen LogP contribution in [0.15, 0.2) is 60.7 Å². The van der Waals surface area contributed by atoms with E-state index in [2.05, 4.69) is 20.6 Å². The second-order valence-electron chi connectivity index (χ2n) is 8.22. The Morgan fingerprint density at radius 3 is 2.61 bits per heavy atom. The molecule has 1 fully saturated rings. The number of tetrazole rings is 1. The topological polar surface area (TPSA) is 84.0 Å². The summed E-state index contributed by atoms with van der Waals surface area (Å²) in [6, 6.07) is 19.4. The number of hydrogen-bond donors (Lipinski definition) is 1. The maximum atomic E-state index is 12.9. The van der Waals surface area contributed by atoms with Crippen LogP contribution >= 0.6 is 11.6 Å². The minimum atomic E-state index is 0.0330. The van der Waals surface area contributed by atoms with Crippen molar-refractivity contribution >= 4 is 23.2 Å². The lowest BCUT2D eigenvalue weighted by molar-refractivity contribution is -0.117. The Balaban J connectivity index is 1.40. The molecule has 0 unspecified atom stereocenters. The van der Waals surface area contributed by atoms with Crippen LogP contribution in [-0.2, 0) is 4.79 Å². The third-order valence-electron chi connectivity index (χ3n) is 5.95. The fraction of sp³-hybridized carbons (Fsp3) is 0.200. The van der Waals surface area contributed by atoms with Gasteiger partial charge >= 0.3 is 0 Å². The van der Waals surface area contributed by atoms with Crippen molar-refractivity contribution in [2.45, 2.75) is 26.2 Å². The summed E-state index contributed by atoms with van der Waals surface area (Å²) in [6.07, 6.45) is 0.415. The summed E-state index contributed by atoms with van der Waals surface area (Å²) in [6.45, 7) is 4.59. The molecule has 0 aliphatic carbocycles. The van der Waals surface area contributed by atoms with Gasteiger partial charge in [-0.1, -0.05) is 48.0 Å². The molecule has 1 amide bonds. The van der Waals surface area contributed by atoms with Crippen LogP contribution in [0, 0.1) is 13.8 Å². The van der Waals surface area contributed by atoms with E-state index < -0.39 is 0 Å². The standard InChI is InChI=1S/C25H22ClN5O2/c1-15-5-3-6-16(2)24(15)33-22-12-17(9-10-21(22)26)19-13-23(32)31(14-19)20-8-4-7-18(11-20)25-27-29-30-28-25/h3-12,19H,13-14H2,1-2H3,(H,27,28,29,30)/t19-/m0/s1. The van der Waals surface area contributed by atoms with Crippen molar-refractivity contribution in [3.05, 3.63) is 82.4 Å². The molecule has 5 rings (SSSR count). The highest BCUT2D eigenvalue weighted by molar-refractivity contribution is 6.32. The molecule has 166 valence electrons. The molecule has 3 aromatic carbocycles. The molecule has 2 heterocycles. The van der Waals surface area contributed by atoms with Gasteiger partial charge in [0.15, 0.2) is 5.82 Å². The van der Waals surface area contributed by atoms with Crippen molar-refractivity contribution in [3.8, 4) is 22.9 Å². The van der Waals surface area contributed by atoms with Crippen LogP contribution in [0.5, 0.6) is 11.5 Å². The summed E-state index contributed by atoms with van der Waals surface area (Å²) in [4.78, 5) is 14.7. The number of rotatable bonds is 5. The zero-order valence-corrected chi connectivity index (χ0v) is 19.0. The molecule has 1 aromatic heterocycles. The van der Waals surface area contributed by atoms with Gasteiger partial charge in [0.05, 0.1) is 5.02 Å². The van der Waals surface area contributed by atoms with Gasteiger partial charge in [-0.2, -0.15) is 0 Å². The molecule has 1 aliphatic heterocycles. The number of benzene rings is 3. The van der Waals surface area contributed by atoms with Crippen molar-refractivity contribution in [2.75, 3.05) is 11.4 Å². The van der Waals surface area contributed by atoms with Crippen molar-refractivity contribution < 1.29 is 9.53 Å². The average Bonchev–Trinajstić information content (AvgIpc) is 3.48. The van der Waals surface area contributed by atoms with Crippen LogP contribution in [0.3, 0.4) is 0 Å². The lowest BCUT2D eigenvalue weighted by Gasteiger charge is -2.18. The van der Waals surface area contributed by atoms with E-state index in [1.807, 2.05) is 74.5 Å². The molecule has 1 saturated heterocycles. The largest absolute Gasteiger partial charge is 0.455 e. The third kappa shape index (κ3) is 4.19. The fourth-order valence-corrected chi connectivity index (χ4v) is 4.36. The SMILES string of the molecule is Cc1cccc(C)c1Oc1cc([C@H]2CC(=O)N(c3cccc(-c4nnn[nH]4)c3)C2)ccc1Cl. The van der Waals surface area contributed by atoms with E-state index in [4.69, 9.17) is 16.3 Å². The predicted molar refractivity (Wildman–Crippen MR) is 127 cm³/mol. The molecule has 8 heteroatoms. The van der Waals surface area contributed by atoms with Crippen LogP contribution in [0.2, 0.25) is 5.02 Å². The van der Waals surface area contributed by atoms with Gasteiger partial charge in [-0.3, -0.25) is 4.79 Å². The molecule has 7 nitrogen and oxygen atoms in total. The zero-order chi connectivity index (χ0) is 22.9. The maximum Gasteiger partial charge on any atom is 0.227 e. The van der Waals surface area contributed by atoms with E-state index in [1.165, 1.54) is 0 Å². The van der Waals surface area contributed by atoms with E-state index in [1.54, 1.807) is 4.90 Å². The highest BCUT2D eigenvalue weighted by Crippen LogP contribution is 2.38. The van der Waals surface area contributed by atoms with Gasteiger partial charge in [-0.15, -0.1) is 5.10 Å². The number of aromatic nitrogens is 4. The molecule has 0 bridgehead atoms. The molecule has 4 aromatic rings. The first-order valence-electron chi connectivity index (χ1n) is 10.7. The number of amides is 1. The van der Waals surface area contributed by atoms with Gasteiger partial charge < -0.3 is 9.64 Å². The lowest BCUT2D eigenvalue weighted by atomic mass is 9.98. The number of anilines is 1. The van der Waals surface area contributed by atoms with Gasteiger partial charge in [0, 0.05) is 30.1 Å². The number of halogens is 1. The number of H-pyrrole nitrogens is 1. The summed E-state index contributed by atoms with van der Waals surface area (Å²) >= 11 is 6.46. The van der Waals surface area contributed by atoms with Gasteiger partial charge in [0.1, 0.15) is 11.5 Å². The van der Waals surface area contributed by atoms with Crippen LogP contribution in [0.1, 0.15) is 29.0 Å². The summed E-state index contributed by atoms with van der Waals surface area (Å²) in [5.41, 5.74) is 4.75. The van der Waals surface area contributed by atoms with E-state index in [0.717, 1.165) is 33.7 Å². The number of nitrogens with zero attached hydrogens (tertiary/aromatic N) is 4. The minimum Gasteiger partial charge on any atom is -0.455 e. The number of carbonyl (C=O) groups is 1. The Morgan fingerprint density at radius 1 is 1.06 bits per heavy atom. The summed E-state index contributed by atoms with van der Waals surface area (Å²) in [5.74, 6) is 2.06. The second kappa shape index (κ2) is 8.67. The highest BCUT2D eigenvalue weighted by Gasteiger charge is 2.32. The highest BCUT2D eigenvalue weighted by atomic mass is 35.5.